The maximum atomic E-state index is 10.7. The van der Waals surface area contributed by atoms with Gasteiger partial charge in [-0.15, -0.1) is 0 Å². The number of hydrogen-bond acceptors (Lipinski definition) is 2. The second-order valence-corrected chi connectivity index (χ2v) is 3.60. The van der Waals surface area contributed by atoms with Crippen LogP contribution in [0.15, 0.2) is 30.3 Å². The fraction of sp³-hybridized carbons (Fsp3) is 0.250. The molecular formula is C12H13ClO2. The molecule has 15 heavy (non-hydrogen) atoms. The van der Waals surface area contributed by atoms with Crippen LogP contribution in [0.3, 0.4) is 0 Å². The maximum Gasteiger partial charge on any atom is 0.303 e. The first-order valence-electron chi connectivity index (χ1n) is 4.69. The van der Waals surface area contributed by atoms with Crippen molar-refractivity contribution in [2.24, 2.45) is 0 Å². The second kappa shape index (κ2) is 5.56. The van der Waals surface area contributed by atoms with Gasteiger partial charge in [-0.25, -0.2) is 0 Å². The molecule has 0 bridgehead atoms. The molecule has 0 N–H and O–H groups in total. The average molecular weight is 225 g/mol. The third-order valence-electron chi connectivity index (χ3n) is 1.80. The van der Waals surface area contributed by atoms with E-state index in [1.807, 2.05) is 30.3 Å². The minimum Gasteiger partial charge on any atom is -0.459 e. The van der Waals surface area contributed by atoms with Gasteiger partial charge in [-0.05, 0) is 24.6 Å². The monoisotopic (exact) mass is 224 g/mol. The van der Waals surface area contributed by atoms with E-state index in [4.69, 9.17) is 16.3 Å². The Morgan fingerprint density at radius 2 is 2.13 bits per heavy atom. The number of carbonyl (C=O) groups is 1. The molecule has 1 atom stereocenters. The lowest BCUT2D eigenvalue weighted by molar-refractivity contribution is -0.143. The number of ether oxygens (including phenoxy) is 1. The summed E-state index contributed by atoms with van der Waals surface area (Å²) in [6.07, 6.45) is 3.40. The largest absolute Gasteiger partial charge is 0.459 e. The molecule has 0 aliphatic rings. The Morgan fingerprint density at radius 1 is 1.47 bits per heavy atom. The molecule has 0 heterocycles. The van der Waals surface area contributed by atoms with Crippen LogP contribution in [0.25, 0.3) is 6.08 Å². The van der Waals surface area contributed by atoms with Crippen molar-refractivity contribution in [3.63, 3.8) is 0 Å². The van der Waals surface area contributed by atoms with Gasteiger partial charge in [-0.3, -0.25) is 4.79 Å². The normalized spacial score (nSPS) is 12.7. The molecule has 0 saturated carbocycles. The first kappa shape index (κ1) is 11.8. The predicted molar refractivity (Wildman–Crippen MR) is 61.7 cm³/mol. The number of hydrogen-bond donors (Lipinski definition) is 0. The highest BCUT2D eigenvalue weighted by Crippen LogP contribution is 2.16. The SMILES string of the molecule is CC(=O)OC(C)/C=C/c1ccccc1Cl. The van der Waals surface area contributed by atoms with Gasteiger partial charge in [0.05, 0.1) is 0 Å². The molecule has 1 rings (SSSR count). The van der Waals surface area contributed by atoms with Gasteiger partial charge in [0.2, 0.25) is 0 Å². The zero-order valence-corrected chi connectivity index (χ0v) is 9.49. The van der Waals surface area contributed by atoms with Gasteiger partial charge >= 0.3 is 5.97 Å². The fourth-order valence-electron chi connectivity index (χ4n) is 1.15. The lowest BCUT2D eigenvalue weighted by Gasteiger charge is -2.06. The zero-order valence-electron chi connectivity index (χ0n) is 8.74. The van der Waals surface area contributed by atoms with Crippen molar-refractivity contribution in [3.8, 4) is 0 Å². The molecule has 80 valence electrons. The van der Waals surface area contributed by atoms with Crippen molar-refractivity contribution in [3.05, 3.63) is 40.9 Å². The summed E-state index contributed by atoms with van der Waals surface area (Å²) in [7, 11) is 0. The number of benzene rings is 1. The molecule has 0 fully saturated rings. The summed E-state index contributed by atoms with van der Waals surface area (Å²) in [6, 6.07) is 7.49. The molecule has 1 aromatic carbocycles. The molecular weight excluding hydrogens is 212 g/mol. The average Bonchev–Trinajstić information content (AvgIpc) is 2.15. The summed E-state index contributed by atoms with van der Waals surface area (Å²) in [5.74, 6) is -0.286. The van der Waals surface area contributed by atoms with Crippen molar-refractivity contribution < 1.29 is 9.53 Å². The summed E-state index contributed by atoms with van der Waals surface area (Å²) in [5.41, 5.74) is 0.915. The van der Waals surface area contributed by atoms with Gasteiger partial charge in [-0.2, -0.15) is 0 Å². The van der Waals surface area contributed by atoms with Crippen LogP contribution in [-0.4, -0.2) is 12.1 Å². The Morgan fingerprint density at radius 3 is 2.73 bits per heavy atom. The van der Waals surface area contributed by atoms with Gasteiger partial charge in [0, 0.05) is 11.9 Å². The highest BCUT2D eigenvalue weighted by atomic mass is 35.5. The smallest absolute Gasteiger partial charge is 0.303 e. The van der Waals surface area contributed by atoms with Crippen molar-refractivity contribution in [2.45, 2.75) is 20.0 Å². The summed E-state index contributed by atoms with van der Waals surface area (Å²) in [6.45, 7) is 3.19. The molecule has 1 unspecified atom stereocenters. The van der Waals surface area contributed by atoms with Crippen LogP contribution in [0.1, 0.15) is 19.4 Å². The molecule has 0 aromatic heterocycles. The summed E-state index contributed by atoms with van der Waals surface area (Å²) < 4.78 is 4.94. The Labute approximate surface area is 94.5 Å². The molecule has 0 radical (unpaired) electrons. The van der Waals surface area contributed by atoms with Gasteiger partial charge in [0.15, 0.2) is 0 Å². The molecule has 0 aliphatic carbocycles. The minimum absolute atomic E-state index is 0.237. The van der Waals surface area contributed by atoms with Crippen LogP contribution < -0.4 is 0 Å². The molecule has 1 aromatic rings. The lowest BCUT2D eigenvalue weighted by atomic mass is 10.2. The number of halogens is 1. The number of esters is 1. The Balaban J connectivity index is 2.65. The van der Waals surface area contributed by atoms with Gasteiger partial charge in [0.25, 0.3) is 0 Å². The molecule has 0 amide bonds. The predicted octanol–water partition coefficient (Wildman–Crippen LogP) is 3.30. The van der Waals surface area contributed by atoms with Crippen molar-refractivity contribution in [1.29, 1.82) is 0 Å². The van der Waals surface area contributed by atoms with Crippen LogP contribution in [0.2, 0.25) is 5.02 Å². The van der Waals surface area contributed by atoms with Crippen LogP contribution in [0.5, 0.6) is 0 Å². The molecule has 3 heteroatoms. The lowest BCUT2D eigenvalue weighted by Crippen LogP contribution is -2.08. The van der Waals surface area contributed by atoms with Crippen LogP contribution in [-0.2, 0) is 9.53 Å². The van der Waals surface area contributed by atoms with Gasteiger partial charge < -0.3 is 4.74 Å². The van der Waals surface area contributed by atoms with Gasteiger partial charge in [0.1, 0.15) is 6.10 Å². The van der Waals surface area contributed by atoms with Crippen LogP contribution in [0, 0.1) is 0 Å². The van der Waals surface area contributed by atoms with E-state index in [0.717, 1.165) is 5.56 Å². The van der Waals surface area contributed by atoms with E-state index in [-0.39, 0.29) is 12.1 Å². The van der Waals surface area contributed by atoms with Crippen LogP contribution >= 0.6 is 11.6 Å². The van der Waals surface area contributed by atoms with E-state index in [2.05, 4.69) is 0 Å². The van der Waals surface area contributed by atoms with E-state index in [9.17, 15) is 4.79 Å². The third kappa shape index (κ3) is 4.17. The highest BCUT2D eigenvalue weighted by molar-refractivity contribution is 6.32. The van der Waals surface area contributed by atoms with E-state index in [1.165, 1.54) is 6.92 Å². The quantitative estimate of drug-likeness (QED) is 0.737. The zero-order chi connectivity index (χ0) is 11.3. The topological polar surface area (TPSA) is 26.3 Å². The van der Waals surface area contributed by atoms with Gasteiger partial charge in [-0.1, -0.05) is 35.9 Å². The number of carbonyl (C=O) groups excluding carboxylic acids is 1. The van der Waals surface area contributed by atoms with Crippen LogP contribution in [0.4, 0.5) is 0 Å². The van der Waals surface area contributed by atoms with Crippen molar-refractivity contribution in [2.75, 3.05) is 0 Å². The standard InChI is InChI=1S/C12H13ClO2/c1-9(15-10(2)14)7-8-11-5-3-4-6-12(11)13/h3-9H,1-2H3/b8-7+. The van der Waals surface area contributed by atoms with E-state index >= 15 is 0 Å². The fourth-order valence-corrected chi connectivity index (χ4v) is 1.35. The molecule has 0 spiro atoms. The molecule has 0 aliphatic heterocycles. The summed E-state index contributed by atoms with van der Waals surface area (Å²) in [4.78, 5) is 10.7. The van der Waals surface area contributed by atoms with E-state index in [1.54, 1.807) is 13.0 Å². The number of rotatable bonds is 3. The van der Waals surface area contributed by atoms with Crippen molar-refractivity contribution in [1.82, 2.24) is 0 Å². The Bertz CT molecular complexity index is 372. The Hall–Kier alpha value is -1.28. The van der Waals surface area contributed by atoms with Crippen molar-refractivity contribution >= 4 is 23.6 Å². The minimum atomic E-state index is -0.286. The maximum absolute atomic E-state index is 10.7. The first-order valence-corrected chi connectivity index (χ1v) is 5.07. The summed E-state index contributed by atoms with van der Waals surface area (Å²) in [5, 5.41) is 0.684. The molecule has 0 saturated heterocycles. The Kier molecular flexibility index (Phi) is 4.37. The second-order valence-electron chi connectivity index (χ2n) is 3.20. The highest BCUT2D eigenvalue weighted by Gasteiger charge is 2.00. The third-order valence-corrected chi connectivity index (χ3v) is 2.15. The first-order chi connectivity index (χ1) is 7.09. The van der Waals surface area contributed by atoms with E-state index in [0.29, 0.717) is 5.02 Å². The summed E-state index contributed by atoms with van der Waals surface area (Å²) >= 11 is 5.95. The molecule has 2 nitrogen and oxygen atoms in total. The van der Waals surface area contributed by atoms with E-state index < -0.39 is 0 Å².